The van der Waals surface area contributed by atoms with E-state index in [0.29, 0.717) is 6.54 Å². The Balaban J connectivity index is 0.00000169. The highest BCUT2D eigenvalue weighted by Crippen LogP contribution is 2.16. The standard InChI is InChI=1S/C10H15NO2/c1-10(2,3)9(12)13-11-7-5-4-6-8-11/h4-7H,8H2,1-3H3/p+1. The molecule has 0 aromatic rings. The van der Waals surface area contributed by atoms with E-state index in [4.69, 9.17) is 4.84 Å². The summed E-state index contributed by atoms with van der Waals surface area (Å²) in [5.41, 5.74) is -0.449. The topological polar surface area (TPSA) is 29.5 Å². The number of nitrogens with zero attached hydrogens (tertiary/aromatic N) is 1. The zero-order valence-electron chi connectivity index (χ0n) is 9.28. The van der Waals surface area contributed by atoms with E-state index < -0.39 is 5.41 Å². The minimum absolute atomic E-state index is 0. The van der Waals surface area contributed by atoms with E-state index >= 15 is 0 Å². The molecule has 1 aliphatic heterocycles. The first-order chi connectivity index (χ1) is 6.00. The quantitative estimate of drug-likeness (QED) is 0.621. The fourth-order valence-corrected chi connectivity index (χ4v) is 0.761. The van der Waals surface area contributed by atoms with Crippen LogP contribution in [0, 0.1) is 5.41 Å². The molecule has 0 atom stereocenters. The van der Waals surface area contributed by atoms with Crippen LogP contribution in [-0.4, -0.2) is 17.6 Å². The zero-order valence-corrected chi connectivity index (χ0v) is 8.28. The highest BCUT2D eigenvalue weighted by atomic mass is 16.7. The lowest BCUT2D eigenvalue weighted by Gasteiger charge is -2.23. The van der Waals surface area contributed by atoms with Crippen LogP contribution in [0.5, 0.6) is 0 Å². The van der Waals surface area contributed by atoms with Gasteiger partial charge in [-0.2, -0.15) is 0 Å². The third-order valence-corrected chi connectivity index (χ3v) is 1.60. The van der Waals surface area contributed by atoms with Gasteiger partial charge in [0, 0.05) is 6.20 Å². The van der Waals surface area contributed by atoms with Crippen LogP contribution in [0.3, 0.4) is 0 Å². The maximum Gasteiger partial charge on any atom is 1.00 e. The molecule has 3 nitrogen and oxygen atoms in total. The van der Waals surface area contributed by atoms with Crippen molar-refractivity contribution in [3.05, 3.63) is 24.4 Å². The fraction of sp³-hybridized carbons (Fsp3) is 0.500. The molecule has 3 heteroatoms. The maximum absolute atomic E-state index is 11.4. The summed E-state index contributed by atoms with van der Waals surface area (Å²) < 4.78 is 0. The Hall–Kier alpha value is -1.25. The second-order valence-electron chi connectivity index (χ2n) is 4.00. The van der Waals surface area contributed by atoms with Crippen LogP contribution in [0.25, 0.3) is 0 Å². The van der Waals surface area contributed by atoms with E-state index in [2.05, 4.69) is 0 Å². The van der Waals surface area contributed by atoms with Crippen LogP contribution in [-0.2, 0) is 9.63 Å². The Labute approximate surface area is 80.1 Å². The fourth-order valence-electron chi connectivity index (χ4n) is 0.761. The molecule has 0 saturated heterocycles. The first-order valence-electron chi connectivity index (χ1n) is 4.32. The van der Waals surface area contributed by atoms with Crippen molar-refractivity contribution in [2.75, 3.05) is 6.54 Å². The van der Waals surface area contributed by atoms with Gasteiger partial charge in [0.05, 0.1) is 12.0 Å². The van der Waals surface area contributed by atoms with Crippen molar-refractivity contribution in [2.45, 2.75) is 20.8 Å². The lowest BCUT2D eigenvalue weighted by Crippen LogP contribution is -2.31. The molecule has 0 amide bonds. The highest BCUT2D eigenvalue weighted by molar-refractivity contribution is 5.75. The molecule has 1 aliphatic rings. The smallest absolute Gasteiger partial charge is 0.341 e. The number of carbonyl (C=O) groups excluding carboxylic acids is 1. The van der Waals surface area contributed by atoms with Gasteiger partial charge in [-0.05, 0) is 26.8 Å². The third-order valence-electron chi connectivity index (χ3n) is 1.60. The molecule has 0 spiro atoms. The van der Waals surface area contributed by atoms with Gasteiger partial charge in [0.15, 0.2) is 0 Å². The van der Waals surface area contributed by atoms with Gasteiger partial charge in [-0.1, -0.05) is 12.2 Å². The van der Waals surface area contributed by atoms with Crippen LogP contribution in [0.15, 0.2) is 24.4 Å². The highest BCUT2D eigenvalue weighted by Gasteiger charge is 2.25. The maximum atomic E-state index is 11.4. The van der Waals surface area contributed by atoms with Gasteiger partial charge >= 0.3 is 7.40 Å². The zero-order chi connectivity index (χ0) is 9.90. The summed E-state index contributed by atoms with van der Waals surface area (Å²) in [6.07, 6.45) is 7.42. The second-order valence-corrected chi connectivity index (χ2v) is 4.00. The van der Waals surface area contributed by atoms with Crippen molar-refractivity contribution in [1.29, 1.82) is 0 Å². The Morgan fingerprint density at radius 1 is 1.46 bits per heavy atom. The molecule has 0 aromatic carbocycles. The molecule has 0 N–H and O–H groups in total. The van der Waals surface area contributed by atoms with Crippen molar-refractivity contribution in [3.63, 3.8) is 0 Å². The second kappa shape index (κ2) is 3.64. The summed E-state index contributed by atoms with van der Waals surface area (Å²) >= 11 is 0. The lowest BCUT2D eigenvalue weighted by atomic mass is 9.98. The van der Waals surface area contributed by atoms with Crippen LogP contribution in [0.1, 0.15) is 22.2 Å². The Morgan fingerprint density at radius 3 is 2.62 bits per heavy atom. The molecule has 0 saturated carbocycles. The minimum Gasteiger partial charge on any atom is -0.341 e. The molecule has 0 bridgehead atoms. The monoisotopic (exact) mass is 182 g/mol. The van der Waals surface area contributed by atoms with E-state index in [9.17, 15) is 4.79 Å². The van der Waals surface area contributed by atoms with E-state index in [1.807, 2.05) is 39.0 Å². The van der Waals surface area contributed by atoms with E-state index in [-0.39, 0.29) is 7.40 Å². The summed E-state index contributed by atoms with van der Waals surface area (Å²) in [6, 6.07) is 0. The molecule has 0 fully saturated rings. The average molecular weight is 182 g/mol. The molecular weight excluding hydrogens is 166 g/mol. The summed E-state index contributed by atoms with van der Waals surface area (Å²) in [5, 5.41) is 1.52. The Bertz CT molecular complexity index is 253. The van der Waals surface area contributed by atoms with Crippen molar-refractivity contribution < 1.29 is 11.1 Å². The van der Waals surface area contributed by atoms with Crippen LogP contribution >= 0.6 is 0 Å². The minimum atomic E-state index is -0.449. The molecule has 72 valence electrons. The number of hydrogen-bond donors (Lipinski definition) is 0. The number of rotatable bonds is 1. The molecular formula is C10H16NO2+. The van der Waals surface area contributed by atoms with Gasteiger partial charge in [0.2, 0.25) is 0 Å². The van der Waals surface area contributed by atoms with Gasteiger partial charge in [-0.25, -0.2) is 9.86 Å². The molecule has 1 rings (SSSR count). The third kappa shape index (κ3) is 2.93. The molecule has 1 heterocycles. The van der Waals surface area contributed by atoms with E-state index in [0.717, 1.165) is 0 Å². The van der Waals surface area contributed by atoms with Crippen molar-refractivity contribution in [1.82, 2.24) is 5.06 Å². The predicted molar refractivity (Wildman–Crippen MR) is 51.6 cm³/mol. The predicted octanol–water partition coefficient (Wildman–Crippen LogP) is 1.99. The summed E-state index contributed by atoms with van der Waals surface area (Å²) in [4.78, 5) is 16.5. The van der Waals surface area contributed by atoms with Gasteiger partial charge in [0.1, 0.15) is 0 Å². The number of carbonyl (C=O) groups is 1. The molecule has 0 aromatic heterocycles. The van der Waals surface area contributed by atoms with Crippen LogP contribution < -0.4 is 0 Å². The molecule has 0 aliphatic carbocycles. The van der Waals surface area contributed by atoms with Gasteiger partial charge in [-0.3, -0.25) is 0 Å². The normalized spacial score (nSPS) is 16.1. The van der Waals surface area contributed by atoms with E-state index in [1.165, 1.54) is 5.06 Å². The van der Waals surface area contributed by atoms with Gasteiger partial charge in [-0.15, -0.1) is 0 Å². The van der Waals surface area contributed by atoms with Crippen LogP contribution in [0.2, 0.25) is 0 Å². The first kappa shape index (κ1) is 9.84. The van der Waals surface area contributed by atoms with Crippen molar-refractivity contribution in [2.24, 2.45) is 5.41 Å². The van der Waals surface area contributed by atoms with Gasteiger partial charge < -0.3 is 4.84 Å². The Morgan fingerprint density at radius 2 is 2.15 bits per heavy atom. The summed E-state index contributed by atoms with van der Waals surface area (Å²) in [6.45, 7) is 6.12. The summed E-state index contributed by atoms with van der Waals surface area (Å²) in [7, 11) is 0. The van der Waals surface area contributed by atoms with Crippen molar-refractivity contribution >= 4 is 5.97 Å². The lowest BCUT2D eigenvalue weighted by molar-refractivity contribution is -0.186. The van der Waals surface area contributed by atoms with Crippen molar-refractivity contribution in [3.8, 4) is 0 Å². The van der Waals surface area contributed by atoms with Crippen LogP contribution in [0.4, 0.5) is 0 Å². The SMILES string of the molecule is CC(C)(C)C(=O)ON1C=CC=CC1.[H+]. The number of hydrogen-bond acceptors (Lipinski definition) is 3. The average Bonchev–Trinajstić information content (AvgIpc) is 2.04. The largest absolute Gasteiger partial charge is 1.00 e. The molecule has 0 radical (unpaired) electrons. The number of hydroxylamine groups is 2. The van der Waals surface area contributed by atoms with E-state index in [1.54, 1.807) is 6.20 Å². The van der Waals surface area contributed by atoms with Gasteiger partial charge in [0.25, 0.3) is 0 Å². The first-order valence-corrected chi connectivity index (χ1v) is 4.32. The summed E-state index contributed by atoms with van der Waals surface area (Å²) in [5.74, 6) is -0.215. The molecule has 0 unspecified atom stereocenters. The Kier molecular flexibility index (Phi) is 2.76. The number of allylic oxidation sites excluding steroid dienone is 2. The molecule has 13 heavy (non-hydrogen) atoms.